The second-order valence-electron chi connectivity index (χ2n) is 7.88. The van der Waals surface area contributed by atoms with Crippen LogP contribution in [-0.4, -0.2) is 50.2 Å². The summed E-state index contributed by atoms with van der Waals surface area (Å²) in [5.41, 5.74) is 3.19. The summed E-state index contributed by atoms with van der Waals surface area (Å²) < 4.78 is 5.06. The number of anilines is 2. The van der Waals surface area contributed by atoms with Crippen LogP contribution < -0.4 is 20.9 Å². The van der Waals surface area contributed by atoms with Gasteiger partial charge in [0, 0.05) is 44.4 Å². The van der Waals surface area contributed by atoms with E-state index in [9.17, 15) is 14.4 Å². The fraction of sp³-hybridized carbons (Fsp3) is 0.545. The lowest BCUT2D eigenvalue weighted by Crippen LogP contribution is -2.53. The molecule has 2 amide bonds. The van der Waals surface area contributed by atoms with Gasteiger partial charge in [-0.3, -0.25) is 25.1 Å². The van der Waals surface area contributed by atoms with Crippen molar-refractivity contribution in [2.24, 2.45) is 11.8 Å². The zero-order valence-electron chi connectivity index (χ0n) is 17.7. The summed E-state index contributed by atoms with van der Waals surface area (Å²) in [6.07, 6.45) is 3.10. The van der Waals surface area contributed by atoms with Crippen LogP contribution in [0.15, 0.2) is 18.2 Å². The molecule has 4 N–H and O–H groups in total. The normalized spacial score (nSPS) is 19.9. The maximum Gasteiger partial charge on any atom is 0.306 e. The largest absolute Gasteiger partial charge is 0.466 e. The molecule has 0 bridgehead atoms. The molecule has 2 heterocycles. The first-order valence-electron chi connectivity index (χ1n) is 10.6. The standard InChI is InChI=1S/C22H30N4O4/c1-3-30-20(28)12-14-8-10-26(11-9-14)15-4-5-16(18(13-15)24-2)21(23)17-6-7-19(27)25-22(17)29/h4-5,13-14,17,23-24H,3,6-12H2,1-2H3,(H,25,27,29)/p+1. The molecule has 162 valence electrons. The molecular formula is C22H31N4O4+. The summed E-state index contributed by atoms with van der Waals surface area (Å²) >= 11 is 0. The Morgan fingerprint density at radius 3 is 2.63 bits per heavy atom. The topological polar surface area (TPSA) is 113 Å². The van der Waals surface area contributed by atoms with Gasteiger partial charge in [0.1, 0.15) is 5.92 Å². The predicted octanol–water partition coefficient (Wildman–Crippen LogP) is 0.499. The number of nitrogens with one attached hydrogen (secondary N) is 2. The molecule has 3 rings (SSSR count). The highest BCUT2D eigenvalue weighted by molar-refractivity contribution is 6.16. The molecule has 1 atom stereocenters. The Balaban J connectivity index is 1.66. The van der Waals surface area contributed by atoms with E-state index in [1.165, 1.54) is 0 Å². The molecule has 2 fully saturated rings. The summed E-state index contributed by atoms with van der Waals surface area (Å²) in [7, 11) is 1.83. The molecule has 2 aliphatic rings. The first-order chi connectivity index (χ1) is 14.4. The molecule has 8 heteroatoms. The third-order valence-electron chi connectivity index (χ3n) is 5.94. The van der Waals surface area contributed by atoms with E-state index in [0.29, 0.717) is 37.5 Å². The fourth-order valence-electron chi connectivity index (χ4n) is 4.22. The first-order valence-corrected chi connectivity index (χ1v) is 10.6. The van der Waals surface area contributed by atoms with Crippen molar-refractivity contribution in [2.75, 3.05) is 37.0 Å². The zero-order chi connectivity index (χ0) is 21.7. The molecule has 0 aromatic heterocycles. The summed E-state index contributed by atoms with van der Waals surface area (Å²) in [5, 5.41) is 11.9. The lowest BCUT2D eigenvalue weighted by Gasteiger charge is -2.33. The van der Waals surface area contributed by atoms with Gasteiger partial charge < -0.3 is 15.0 Å². The number of hydrogen-bond donors (Lipinski definition) is 3. The van der Waals surface area contributed by atoms with Gasteiger partial charge in [-0.05, 0) is 50.3 Å². The van der Waals surface area contributed by atoms with Crippen molar-refractivity contribution in [1.82, 2.24) is 5.32 Å². The molecule has 0 spiro atoms. The number of nitrogens with zero attached hydrogens (tertiary/aromatic N) is 1. The number of carbonyl (C=O) groups is 3. The number of piperidine rings is 2. The second kappa shape index (κ2) is 9.73. The van der Waals surface area contributed by atoms with Gasteiger partial charge in [-0.25, -0.2) is 0 Å². The summed E-state index contributed by atoms with van der Waals surface area (Å²) in [6, 6.07) is 5.99. The number of amides is 2. The SMILES string of the molecule is CCOC(=O)CC1CCN(c2ccc(C(=[NH2+])C3CCC(=O)NC3=O)c(NC)c2)CC1. The molecule has 0 saturated carbocycles. The molecule has 1 aromatic rings. The smallest absolute Gasteiger partial charge is 0.306 e. The number of rotatable bonds is 7. The monoisotopic (exact) mass is 415 g/mol. The highest BCUT2D eigenvalue weighted by atomic mass is 16.5. The molecule has 1 aromatic carbocycles. The summed E-state index contributed by atoms with van der Waals surface area (Å²) in [5.74, 6) is -0.838. The van der Waals surface area contributed by atoms with Gasteiger partial charge in [0.25, 0.3) is 0 Å². The minimum atomic E-state index is -0.501. The number of hydrogen-bond acceptors (Lipinski definition) is 6. The van der Waals surface area contributed by atoms with Crippen molar-refractivity contribution in [3.63, 3.8) is 0 Å². The lowest BCUT2D eigenvalue weighted by molar-refractivity contribution is -0.144. The van der Waals surface area contributed by atoms with Crippen molar-refractivity contribution < 1.29 is 24.5 Å². The first kappa shape index (κ1) is 21.8. The van der Waals surface area contributed by atoms with Crippen LogP contribution in [-0.2, 0) is 19.1 Å². The molecule has 0 aliphatic carbocycles. The zero-order valence-corrected chi connectivity index (χ0v) is 17.7. The van der Waals surface area contributed by atoms with Crippen LogP contribution >= 0.6 is 0 Å². The van der Waals surface area contributed by atoms with Gasteiger partial charge in [0.05, 0.1) is 12.2 Å². The van der Waals surface area contributed by atoms with E-state index in [0.717, 1.165) is 42.9 Å². The number of benzene rings is 1. The Bertz CT molecular complexity index is 830. The number of imide groups is 1. The van der Waals surface area contributed by atoms with E-state index in [1.54, 1.807) is 0 Å². The van der Waals surface area contributed by atoms with Crippen molar-refractivity contribution in [2.45, 2.75) is 39.0 Å². The molecule has 2 aliphatic heterocycles. The van der Waals surface area contributed by atoms with Crippen LogP contribution in [0.4, 0.5) is 11.4 Å². The quantitative estimate of drug-likeness (QED) is 0.340. The Labute approximate surface area is 176 Å². The van der Waals surface area contributed by atoms with Gasteiger partial charge >= 0.3 is 5.97 Å². The highest BCUT2D eigenvalue weighted by Crippen LogP contribution is 2.30. The van der Waals surface area contributed by atoms with Crippen LogP contribution in [0.25, 0.3) is 0 Å². The van der Waals surface area contributed by atoms with Crippen LogP contribution in [0.2, 0.25) is 0 Å². The minimum absolute atomic E-state index is 0.114. The number of carbonyl (C=O) groups excluding carboxylic acids is 3. The summed E-state index contributed by atoms with van der Waals surface area (Å²) in [4.78, 5) is 37.6. The number of esters is 1. The summed E-state index contributed by atoms with van der Waals surface area (Å²) in [6.45, 7) is 4.00. The molecule has 0 radical (unpaired) electrons. The van der Waals surface area contributed by atoms with Crippen LogP contribution in [0.3, 0.4) is 0 Å². The van der Waals surface area contributed by atoms with E-state index in [2.05, 4.69) is 15.5 Å². The molecule has 30 heavy (non-hydrogen) atoms. The molecule has 2 saturated heterocycles. The Morgan fingerprint density at radius 2 is 2.00 bits per heavy atom. The van der Waals surface area contributed by atoms with E-state index >= 15 is 0 Å². The average molecular weight is 416 g/mol. The van der Waals surface area contributed by atoms with E-state index in [4.69, 9.17) is 10.1 Å². The second-order valence-corrected chi connectivity index (χ2v) is 7.88. The number of ether oxygens (including phenoxy) is 1. The van der Waals surface area contributed by atoms with Crippen molar-refractivity contribution in [1.29, 1.82) is 0 Å². The van der Waals surface area contributed by atoms with Crippen LogP contribution in [0, 0.1) is 11.8 Å². The van der Waals surface area contributed by atoms with Crippen molar-refractivity contribution in [3.05, 3.63) is 23.8 Å². The fourth-order valence-corrected chi connectivity index (χ4v) is 4.22. The third kappa shape index (κ3) is 4.98. The van der Waals surface area contributed by atoms with Crippen molar-refractivity contribution in [3.8, 4) is 0 Å². The van der Waals surface area contributed by atoms with Gasteiger partial charge in [0.15, 0.2) is 5.71 Å². The maximum atomic E-state index is 12.2. The van der Waals surface area contributed by atoms with E-state index in [1.807, 2.05) is 32.2 Å². The average Bonchev–Trinajstić information content (AvgIpc) is 2.73. The Morgan fingerprint density at radius 1 is 1.27 bits per heavy atom. The van der Waals surface area contributed by atoms with E-state index < -0.39 is 5.92 Å². The third-order valence-corrected chi connectivity index (χ3v) is 5.94. The predicted molar refractivity (Wildman–Crippen MR) is 114 cm³/mol. The minimum Gasteiger partial charge on any atom is -0.466 e. The van der Waals surface area contributed by atoms with Gasteiger partial charge in [-0.15, -0.1) is 0 Å². The molecular weight excluding hydrogens is 384 g/mol. The van der Waals surface area contributed by atoms with Gasteiger partial charge in [-0.2, -0.15) is 0 Å². The molecule has 8 nitrogen and oxygen atoms in total. The molecule has 1 unspecified atom stereocenters. The Hall–Kier alpha value is -2.90. The lowest BCUT2D eigenvalue weighted by atomic mass is 9.88. The maximum absolute atomic E-state index is 12.2. The van der Waals surface area contributed by atoms with Gasteiger partial charge in [0.2, 0.25) is 11.8 Å². The number of nitrogens with two attached hydrogens (primary N) is 1. The van der Waals surface area contributed by atoms with Gasteiger partial charge in [-0.1, -0.05) is 0 Å². The highest BCUT2D eigenvalue weighted by Gasteiger charge is 2.35. The Kier molecular flexibility index (Phi) is 7.07. The van der Waals surface area contributed by atoms with Crippen LogP contribution in [0.1, 0.15) is 44.6 Å². The van der Waals surface area contributed by atoms with Crippen LogP contribution in [0.5, 0.6) is 0 Å². The van der Waals surface area contributed by atoms with Crippen molar-refractivity contribution >= 4 is 34.9 Å². The van der Waals surface area contributed by atoms with E-state index in [-0.39, 0.29) is 17.8 Å².